The number of hydrogen-bond donors (Lipinski definition) is 1. The molecule has 0 aromatic rings. The number of carbonyl (C=O) groups is 1. The van der Waals surface area contributed by atoms with Crippen LogP contribution in [-0.2, 0) is 4.79 Å². The topological polar surface area (TPSA) is 33.7 Å². The minimum absolute atomic E-state index is 0.146. The maximum atomic E-state index is 11.3. The molecule has 0 amide bonds. The summed E-state index contributed by atoms with van der Waals surface area (Å²) in [6.45, 7) is 7.23. The molecule has 1 heterocycles. The molecule has 1 fully saturated rings. The van der Waals surface area contributed by atoms with E-state index in [0.717, 1.165) is 13.0 Å². The third-order valence-corrected chi connectivity index (χ3v) is 2.28. The van der Waals surface area contributed by atoms with E-state index in [4.69, 9.17) is 0 Å². The maximum absolute atomic E-state index is 11.3. The van der Waals surface area contributed by atoms with Crippen LogP contribution in [0.15, 0.2) is 0 Å². The molecule has 0 aromatic heterocycles. The summed E-state index contributed by atoms with van der Waals surface area (Å²) in [5, 5.41) is 2.14. The van der Waals surface area contributed by atoms with Gasteiger partial charge >= 0.3 is 0 Å². The van der Waals surface area contributed by atoms with Crippen LogP contribution in [0.5, 0.6) is 0 Å². The zero-order valence-corrected chi connectivity index (χ0v) is 6.98. The largest absolute Gasteiger partial charge is 0.335 e. The first-order chi connectivity index (χ1) is 4.52. The first kappa shape index (κ1) is 7.73. The third kappa shape index (κ3) is 1.37. The van der Waals surface area contributed by atoms with Crippen molar-refractivity contribution < 1.29 is 10.1 Å². The predicted molar refractivity (Wildman–Crippen MR) is 39.7 cm³/mol. The monoisotopic (exact) mass is 142 g/mol. The molecule has 2 N–H and O–H groups in total. The second-order valence-corrected chi connectivity index (χ2v) is 3.89. The summed E-state index contributed by atoms with van der Waals surface area (Å²) >= 11 is 0. The minimum atomic E-state index is -0.146. The Hall–Kier alpha value is -0.370. The van der Waals surface area contributed by atoms with Gasteiger partial charge in [-0.25, -0.2) is 0 Å². The highest BCUT2D eigenvalue weighted by molar-refractivity contribution is 5.86. The fourth-order valence-corrected chi connectivity index (χ4v) is 1.27. The third-order valence-electron chi connectivity index (χ3n) is 2.28. The molecule has 1 aliphatic rings. The number of ketones is 1. The molecule has 2 nitrogen and oxygen atoms in total. The Morgan fingerprint density at radius 2 is 2.20 bits per heavy atom. The van der Waals surface area contributed by atoms with E-state index < -0.39 is 0 Å². The van der Waals surface area contributed by atoms with Gasteiger partial charge in [0, 0.05) is 12.3 Å². The van der Waals surface area contributed by atoms with Gasteiger partial charge in [-0.3, -0.25) is 4.79 Å². The number of quaternary nitrogens is 1. The van der Waals surface area contributed by atoms with Gasteiger partial charge in [0.25, 0.3) is 0 Å². The highest BCUT2D eigenvalue weighted by atomic mass is 16.1. The van der Waals surface area contributed by atoms with E-state index in [1.54, 1.807) is 0 Å². The molecular formula is C8H16NO+. The summed E-state index contributed by atoms with van der Waals surface area (Å²) in [7, 11) is 0. The Balaban J connectivity index is 2.61. The molecule has 0 saturated carbocycles. The molecule has 0 aliphatic carbocycles. The van der Waals surface area contributed by atoms with Crippen LogP contribution in [-0.4, -0.2) is 17.9 Å². The van der Waals surface area contributed by atoms with Crippen LogP contribution >= 0.6 is 0 Å². The zero-order valence-electron chi connectivity index (χ0n) is 6.98. The van der Waals surface area contributed by atoms with Crippen molar-refractivity contribution in [3.63, 3.8) is 0 Å². The van der Waals surface area contributed by atoms with Crippen molar-refractivity contribution in [2.75, 3.05) is 6.54 Å². The number of piperidine rings is 1. The number of Topliss-reactive ketones (excluding diaryl/α,β-unsaturated/α-hetero) is 1. The molecule has 10 heavy (non-hydrogen) atoms. The molecule has 0 spiro atoms. The molecule has 1 aliphatic heterocycles. The van der Waals surface area contributed by atoms with Crippen LogP contribution in [0.2, 0.25) is 0 Å². The van der Waals surface area contributed by atoms with Gasteiger partial charge in [0.05, 0.1) is 6.54 Å². The van der Waals surface area contributed by atoms with Crippen molar-refractivity contribution in [2.24, 2.45) is 5.92 Å². The van der Waals surface area contributed by atoms with Crippen LogP contribution in [0.25, 0.3) is 0 Å². The molecule has 1 saturated heterocycles. The van der Waals surface area contributed by atoms with Crippen LogP contribution in [0.4, 0.5) is 0 Å². The number of carbonyl (C=O) groups excluding carboxylic acids is 1. The Labute approximate surface area is 62.0 Å². The molecule has 0 radical (unpaired) electrons. The van der Waals surface area contributed by atoms with Gasteiger partial charge in [-0.15, -0.1) is 0 Å². The van der Waals surface area contributed by atoms with E-state index in [1.807, 2.05) is 13.8 Å². The van der Waals surface area contributed by atoms with E-state index in [0.29, 0.717) is 11.7 Å². The average Bonchev–Trinajstić information content (AvgIpc) is 1.81. The van der Waals surface area contributed by atoms with Gasteiger partial charge in [-0.1, -0.05) is 6.92 Å². The maximum Gasteiger partial charge on any atom is 0.192 e. The lowest BCUT2D eigenvalue weighted by Gasteiger charge is -2.28. The Morgan fingerprint density at radius 3 is 2.60 bits per heavy atom. The summed E-state index contributed by atoms with van der Waals surface area (Å²) in [5.74, 6) is 0.965. The van der Waals surface area contributed by atoms with E-state index in [2.05, 4.69) is 12.2 Å². The van der Waals surface area contributed by atoms with Gasteiger partial charge in [-0.2, -0.15) is 0 Å². The fraction of sp³-hybridized carbons (Fsp3) is 0.875. The standard InChI is InChI=1S/C8H15NO/c1-6-4-7(10)8(2,3)9-5-6/h6,9H,4-5H2,1-3H3/p+1/t6-/m1/s1. The Kier molecular flexibility index (Phi) is 1.82. The smallest absolute Gasteiger partial charge is 0.192 e. The van der Waals surface area contributed by atoms with Crippen molar-refractivity contribution in [3.8, 4) is 0 Å². The lowest BCUT2D eigenvalue weighted by atomic mass is 9.87. The average molecular weight is 142 g/mol. The van der Waals surface area contributed by atoms with Crippen molar-refractivity contribution in [1.82, 2.24) is 0 Å². The summed E-state index contributed by atoms with van der Waals surface area (Å²) < 4.78 is 0. The van der Waals surface area contributed by atoms with Gasteiger partial charge in [-0.05, 0) is 13.8 Å². The predicted octanol–water partition coefficient (Wildman–Crippen LogP) is -0.0627. The van der Waals surface area contributed by atoms with Crippen molar-refractivity contribution in [3.05, 3.63) is 0 Å². The molecule has 0 unspecified atom stereocenters. The number of hydrogen-bond acceptors (Lipinski definition) is 1. The molecule has 0 bridgehead atoms. The Bertz CT molecular complexity index is 151. The van der Waals surface area contributed by atoms with Crippen LogP contribution in [0.1, 0.15) is 27.2 Å². The summed E-state index contributed by atoms with van der Waals surface area (Å²) in [6.07, 6.45) is 0.767. The highest BCUT2D eigenvalue weighted by Gasteiger charge is 2.36. The van der Waals surface area contributed by atoms with Crippen LogP contribution < -0.4 is 5.32 Å². The quantitative estimate of drug-likeness (QED) is 0.505. The normalized spacial score (nSPS) is 32.3. The molecule has 1 atom stereocenters. The van der Waals surface area contributed by atoms with Gasteiger partial charge in [0.1, 0.15) is 5.54 Å². The Morgan fingerprint density at radius 1 is 1.60 bits per heavy atom. The highest BCUT2D eigenvalue weighted by Crippen LogP contribution is 2.11. The first-order valence-electron chi connectivity index (χ1n) is 3.90. The fourth-order valence-electron chi connectivity index (χ4n) is 1.27. The van der Waals surface area contributed by atoms with Gasteiger partial charge in [0.2, 0.25) is 0 Å². The van der Waals surface area contributed by atoms with Crippen LogP contribution in [0, 0.1) is 5.92 Å². The van der Waals surface area contributed by atoms with E-state index in [1.165, 1.54) is 0 Å². The van der Waals surface area contributed by atoms with E-state index in [9.17, 15) is 4.79 Å². The summed E-state index contributed by atoms with van der Waals surface area (Å²) in [6, 6.07) is 0. The van der Waals surface area contributed by atoms with Crippen molar-refractivity contribution in [2.45, 2.75) is 32.7 Å². The molecule has 1 rings (SSSR count). The minimum Gasteiger partial charge on any atom is -0.335 e. The SMILES string of the molecule is C[C@H]1C[NH2+]C(C)(C)C(=O)C1. The zero-order chi connectivity index (χ0) is 7.78. The van der Waals surface area contributed by atoms with Gasteiger partial charge < -0.3 is 5.32 Å². The lowest BCUT2D eigenvalue weighted by molar-refractivity contribution is -0.715. The second kappa shape index (κ2) is 2.35. The van der Waals surface area contributed by atoms with Crippen molar-refractivity contribution >= 4 is 5.78 Å². The summed E-state index contributed by atoms with van der Waals surface area (Å²) in [5.41, 5.74) is -0.146. The second-order valence-electron chi connectivity index (χ2n) is 3.89. The summed E-state index contributed by atoms with van der Waals surface area (Å²) in [4.78, 5) is 11.3. The molecule has 2 heteroatoms. The molecule has 0 aromatic carbocycles. The van der Waals surface area contributed by atoms with E-state index in [-0.39, 0.29) is 5.54 Å². The number of rotatable bonds is 0. The van der Waals surface area contributed by atoms with Crippen LogP contribution in [0.3, 0.4) is 0 Å². The van der Waals surface area contributed by atoms with Crippen molar-refractivity contribution in [1.29, 1.82) is 0 Å². The molecular weight excluding hydrogens is 126 g/mol. The van der Waals surface area contributed by atoms with E-state index >= 15 is 0 Å². The molecule has 58 valence electrons. The lowest BCUT2D eigenvalue weighted by Crippen LogP contribution is -2.99. The van der Waals surface area contributed by atoms with Gasteiger partial charge in [0.15, 0.2) is 5.78 Å². The number of nitrogens with two attached hydrogens (primary N) is 1. The first-order valence-corrected chi connectivity index (χ1v) is 3.90.